The molecule has 3 aromatic rings. The summed E-state index contributed by atoms with van der Waals surface area (Å²) in [5.74, 6) is -1.27. The highest BCUT2D eigenvalue weighted by Crippen LogP contribution is 2.31. The van der Waals surface area contributed by atoms with Crippen molar-refractivity contribution in [3.63, 3.8) is 0 Å². The van der Waals surface area contributed by atoms with Gasteiger partial charge in [-0.2, -0.15) is 0 Å². The number of pyridine rings is 1. The molecule has 2 aliphatic heterocycles. The zero-order valence-corrected chi connectivity index (χ0v) is 19.7. The first kappa shape index (κ1) is 23.3. The molecule has 5 rings (SSSR count). The highest BCUT2D eigenvalue weighted by Gasteiger charge is 2.30. The van der Waals surface area contributed by atoms with Crippen LogP contribution in [0.4, 0.5) is 10.1 Å². The molecule has 1 saturated heterocycles. The number of halogens is 2. The van der Waals surface area contributed by atoms with Crippen molar-refractivity contribution in [3.8, 4) is 0 Å². The minimum absolute atomic E-state index is 0.0592. The summed E-state index contributed by atoms with van der Waals surface area (Å²) in [7, 11) is 0. The van der Waals surface area contributed by atoms with Gasteiger partial charge < -0.3 is 25.2 Å². The third-order valence-electron chi connectivity index (χ3n) is 6.71. The predicted octanol–water partition coefficient (Wildman–Crippen LogP) is 2.70. The largest absolute Gasteiger partial charge is 0.389 e. The SMILES string of the molecule is C[C@H]1c2ccc(Cl)cc2CCN1C(=O)CNc1cc2cc(C(=O)N3CC(O)C3)[nH]c(=O)c2cc1F. The molecule has 0 bridgehead atoms. The van der Waals surface area contributed by atoms with Gasteiger partial charge >= 0.3 is 0 Å². The first-order chi connectivity index (χ1) is 16.7. The summed E-state index contributed by atoms with van der Waals surface area (Å²) in [4.78, 5) is 43.6. The van der Waals surface area contributed by atoms with E-state index in [1.165, 1.54) is 17.0 Å². The Hall–Kier alpha value is -3.43. The molecule has 1 aromatic heterocycles. The summed E-state index contributed by atoms with van der Waals surface area (Å²) < 4.78 is 14.7. The van der Waals surface area contributed by atoms with E-state index < -0.39 is 23.4 Å². The molecule has 1 atom stereocenters. The fourth-order valence-electron chi connectivity index (χ4n) is 4.74. The number of anilines is 1. The number of nitrogens with zero attached hydrogens (tertiary/aromatic N) is 2. The van der Waals surface area contributed by atoms with Crippen LogP contribution in [-0.4, -0.2) is 64.0 Å². The molecular formula is C25H24ClFN4O4. The molecule has 2 amide bonds. The standard InChI is InChI=1S/C25H24ClFN4O4/c1-13-18-3-2-16(26)6-14(18)4-5-31(13)23(33)10-28-21-7-15-8-22(25(35)30-11-17(32)12-30)29-24(34)19(15)9-20(21)27/h2-3,6-9,13,17,28,32H,4-5,10-12H2,1H3,(H,29,34)/t13-/m0/s1. The lowest BCUT2D eigenvalue weighted by Crippen LogP contribution is -2.53. The van der Waals surface area contributed by atoms with Crippen molar-refractivity contribution in [3.05, 3.63) is 74.4 Å². The smallest absolute Gasteiger partial charge is 0.270 e. The Balaban J connectivity index is 1.34. The second kappa shape index (κ2) is 8.98. The van der Waals surface area contributed by atoms with Crippen LogP contribution in [0.25, 0.3) is 10.8 Å². The molecule has 0 aliphatic carbocycles. The van der Waals surface area contributed by atoms with Gasteiger partial charge in [0.1, 0.15) is 11.5 Å². The van der Waals surface area contributed by atoms with Gasteiger partial charge in [-0.1, -0.05) is 17.7 Å². The van der Waals surface area contributed by atoms with Crippen LogP contribution in [0.3, 0.4) is 0 Å². The minimum Gasteiger partial charge on any atom is -0.389 e. The van der Waals surface area contributed by atoms with Gasteiger partial charge in [0.15, 0.2) is 0 Å². The number of fused-ring (bicyclic) bond motifs is 2. The van der Waals surface area contributed by atoms with Crippen LogP contribution in [-0.2, 0) is 11.2 Å². The van der Waals surface area contributed by atoms with Crippen LogP contribution in [0.1, 0.15) is 34.6 Å². The van der Waals surface area contributed by atoms with E-state index >= 15 is 0 Å². The first-order valence-corrected chi connectivity index (χ1v) is 11.7. The van der Waals surface area contributed by atoms with E-state index in [9.17, 15) is 23.9 Å². The predicted molar refractivity (Wildman–Crippen MR) is 130 cm³/mol. The lowest BCUT2D eigenvalue weighted by Gasteiger charge is -2.35. The average Bonchev–Trinajstić information content (AvgIpc) is 2.80. The molecule has 0 saturated carbocycles. The molecule has 10 heteroatoms. The number of carbonyl (C=O) groups is 2. The zero-order valence-electron chi connectivity index (χ0n) is 19.0. The lowest BCUT2D eigenvalue weighted by molar-refractivity contribution is -0.131. The monoisotopic (exact) mass is 498 g/mol. The topological polar surface area (TPSA) is 106 Å². The van der Waals surface area contributed by atoms with Crippen LogP contribution < -0.4 is 10.9 Å². The van der Waals surface area contributed by atoms with Crippen LogP contribution in [0, 0.1) is 5.82 Å². The molecule has 1 fully saturated rings. The van der Waals surface area contributed by atoms with Crippen molar-refractivity contribution < 1.29 is 19.1 Å². The second-order valence-corrected chi connectivity index (χ2v) is 9.44. The summed E-state index contributed by atoms with van der Waals surface area (Å²) in [6.07, 6.45) is 0.117. The minimum atomic E-state index is -0.674. The highest BCUT2D eigenvalue weighted by molar-refractivity contribution is 6.30. The van der Waals surface area contributed by atoms with E-state index in [0.29, 0.717) is 23.4 Å². The van der Waals surface area contributed by atoms with Crippen LogP contribution in [0.5, 0.6) is 0 Å². The Labute approximate surface area is 205 Å². The van der Waals surface area contributed by atoms with E-state index in [-0.39, 0.29) is 48.4 Å². The van der Waals surface area contributed by atoms with Crippen molar-refractivity contribution in [1.82, 2.24) is 14.8 Å². The van der Waals surface area contributed by atoms with Crippen molar-refractivity contribution >= 4 is 39.9 Å². The van der Waals surface area contributed by atoms with Crippen molar-refractivity contribution in [1.29, 1.82) is 0 Å². The van der Waals surface area contributed by atoms with E-state index in [0.717, 1.165) is 17.2 Å². The number of hydrogen-bond acceptors (Lipinski definition) is 5. The highest BCUT2D eigenvalue weighted by atomic mass is 35.5. The molecule has 0 spiro atoms. The quantitative estimate of drug-likeness (QED) is 0.513. The number of aliphatic hydroxyl groups is 1. The first-order valence-electron chi connectivity index (χ1n) is 11.4. The van der Waals surface area contributed by atoms with E-state index in [4.69, 9.17) is 11.6 Å². The summed E-state index contributed by atoms with van der Waals surface area (Å²) in [6, 6.07) is 9.50. The zero-order chi connectivity index (χ0) is 24.9. The Morgan fingerprint density at radius 3 is 2.74 bits per heavy atom. The van der Waals surface area contributed by atoms with Gasteiger partial charge in [-0.05, 0) is 60.2 Å². The normalized spacial score (nSPS) is 17.8. The van der Waals surface area contributed by atoms with Crippen LogP contribution in [0.15, 0.2) is 41.2 Å². The molecule has 2 aromatic carbocycles. The Morgan fingerprint density at radius 2 is 2.00 bits per heavy atom. The third kappa shape index (κ3) is 4.37. The fraction of sp³-hybridized carbons (Fsp3) is 0.320. The summed E-state index contributed by atoms with van der Waals surface area (Å²) in [6.45, 7) is 2.74. The van der Waals surface area contributed by atoms with Gasteiger partial charge in [0.25, 0.3) is 11.5 Å². The Kier molecular flexibility index (Phi) is 5.98. The summed E-state index contributed by atoms with van der Waals surface area (Å²) in [5.41, 5.74) is 1.69. The maximum Gasteiger partial charge on any atom is 0.270 e. The average molecular weight is 499 g/mol. The lowest BCUT2D eigenvalue weighted by atomic mass is 9.93. The van der Waals surface area contributed by atoms with Crippen molar-refractivity contribution in [2.75, 3.05) is 31.5 Å². The van der Waals surface area contributed by atoms with Crippen LogP contribution >= 0.6 is 11.6 Å². The number of amides is 2. The molecule has 3 N–H and O–H groups in total. The number of likely N-dealkylation sites (tertiary alicyclic amines) is 1. The summed E-state index contributed by atoms with van der Waals surface area (Å²) in [5, 5.41) is 13.4. The van der Waals surface area contributed by atoms with Gasteiger partial charge in [-0.15, -0.1) is 0 Å². The molecule has 2 aliphatic rings. The maximum atomic E-state index is 14.7. The van der Waals surface area contributed by atoms with Gasteiger partial charge in [-0.25, -0.2) is 4.39 Å². The van der Waals surface area contributed by atoms with Gasteiger partial charge in [0.2, 0.25) is 5.91 Å². The number of rotatable bonds is 4. The number of aliphatic hydroxyl groups excluding tert-OH is 1. The molecule has 3 heterocycles. The Bertz CT molecular complexity index is 1400. The van der Waals surface area contributed by atoms with E-state index in [1.807, 2.05) is 19.1 Å². The maximum absolute atomic E-state index is 14.7. The number of benzene rings is 2. The molecular weight excluding hydrogens is 475 g/mol. The molecule has 0 radical (unpaired) electrons. The third-order valence-corrected chi connectivity index (χ3v) is 6.94. The van der Waals surface area contributed by atoms with E-state index in [2.05, 4.69) is 10.3 Å². The number of carbonyl (C=O) groups excluding carboxylic acids is 2. The summed E-state index contributed by atoms with van der Waals surface area (Å²) >= 11 is 6.09. The number of β-amino-alcohol motifs (C(OH)–C–C–N with tert-alkyl or cyclic N) is 1. The molecule has 8 nitrogen and oxygen atoms in total. The number of hydrogen-bond donors (Lipinski definition) is 3. The number of aromatic amines is 1. The number of nitrogens with one attached hydrogen (secondary N) is 2. The van der Waals surface area contributed by atoms with Crippen molar-refractivity contribution in [2.45, 2.75) is 25.5 Å². The fourth-order valence-corrected chi connectivity index (χ4v) is 4.94. The molecule has 182 valence electrons. The van der Waals surface area contributed by atoms with Gasteiger partial charge in [0, 0.05) is 24.7 Å². The van der Waals surface area contributed by atoms with Crippen LogP contribution in [0.2, 0.25) is 5.02 Å². The molecule has 0 unspecified atom stereocenters. The number of H-pyrrole nitrogens is 1. The molecule has 35 heavy (non-hydrogen) atoms. The van der Waals surface area contributed by atoms with Gasteiger partial charge in [-0.3, -0.25) is 14.4 Å². The van der Waals surface area contributed by atoms with Crippen molar-refractivity contribution in [2.24, 2.45) is 0 Å². The second-order valence-electron chi connectivity index (χ2n) is 9.01. The number of aromatic nitrogens is 1. The Morgan fingerprint density at radius 1 is 1.23 bits per heavy atom. The van der Waals surface area contributed by atoms with Gasteiger partial charge in [0.05, 0.1) is 29.8 Å². The van der Waals surface area contributed by atoms with E-state index in [1.54, 1.807) is 11.0 Å².